The van der Waals surface area contributed by atoms with Crippen LogP contribution in [0.3, 0.4) is 0 Å². The SMILES string of the molecule is CCCCCCC(C)N1CC2CNCC2C1(C)C. The summed E-state index contributed by atoms with van der Waals surface area (Å²) in [5.41, 5.74) is 0.401. The highest BCUT2D eigenvalue weighted by Gasteiger charge is 2.50. The largest absolute Gasteiger partial charge is 0.316 e. The van der Waals surface area contributed by atoms with Crippen molar-refractivity contribution < 1.29 is 0 Å². The van der Waals surface area contributed by atoms with E-state index in [1.54, 1.807) is 0 Å². The van der Waals surface area contributed by atoms with Gasteiger partial charge in [0.15, 0.2) is 0 Å². The molecule has 2 aliphatic rings. The summed E-state index contributed by atoms with van der Waals surface area (Å²) in [6.07, 6.45) is 6.97. The molecular weight excluding hydrogens is 220 g/mol. The van der Waals surface area contributed by atoms with Crippen LogP contribution in [-0.4, -0.2) is 36.1 Å². The van der Waals surface area contributed by atoms with E-state index in [4.69, 9.17) is 0 Å². The van der Waals surface area contributed by atoms with Crippen molar-refractivity contribution in [2.75, 3.05) is 19.6 Å². The van der Waals surface area contributed by atoms with Gasteiger partial charge in [-0.3, -0.25) is 4.90 Å². The Morgan fingerprint density at radius 1 is 1.22 bits per heavy atom. The van der Waals surface area contributed by atoms with Gasteiger partial charge in [0, 0.05) is 24.7 Å². The van der Waals surface area contributed by atoms with E-state index < -0.39 is 0 Å². The number of nitrogens with one attached hydrogen (secondary N) is 1. The smallest absolute Gasteiger partial charge is 0.0200 e. The van der Waals surface area contributed by atoms with Gasteiger partial charge in [0.05, 0.1) is 0 Å². The standard InChI is InChI=1S/C16H32N2/c1-5-6-7-8-9-13(2)18-12-14-10-17-11-15(14)16(18,3)4/h13-15,17H,5-12H2,1-4H3. The van der Waals surface area contributed by atoms with Gasteiger partial charge in [-0.2, -0.15) is 0 Å². The molecule has 2 fully saturated rings. The van der Waals surface area contributed by atoms with Crippen LogP contribution < -0.4 is 5.32 Å². The predicted octanol–water partition coefficient (Wildman–Crippen LogP) is 3.28. The van der Waals surface area contributed by atoms with Crippen LogP contribution in [0.2, 0.25) is 0 Å². The molecular formula is C16H32N2. The zero-order valence-corrected chi connectivity index (χ0v) is 12.8. The molecule has 0 saturated carbocycles. The fourth-order valence-corrected chi connectivity index (χ4v) is 4.22. The van der Waals surface area contributed by atoms with Crippen LogP contribution in [0, 0.1) is 11.8 Å². The maximum Gasteiger partial charge on any atom is 0.0200 e. The molecule has 2 heteroatoms. The quantitative estimate of drug-likeness (QED) is 0.730. The highest BCUT2D eigenvalue weighted by molar-refractivity contribution is 5.05. The van der Waals surface area contributed by atoms with Crippen molar-refractivity contribution in [1.29, 1.82) is 0 Å². The minimum absolute atomic E-state index is 0.401. The van der Waals surface area contributed by atoms with Crippen molar-refractivity contribution in [2.24, 2.45) is 11.8 Å². The number of likely N-dealkylation sites (tertiary alicyclic amines) is 1. The first kappa shape index (κ1) is 14.3. The van der Waals surface area contributed by atoms with Crippen LogP contribution in [-0.2, 0) is 0 Å². The molecule has 2 heterocycles. The number of unbranched alkanes of at least 4 members (excludes halogenated alkanes) is 3. The van der Waals surface area contributed by atoms with Gasteiger partial charge in [-0.25, -0.2) is 0 Å². The van der Waals surface area contributed by atoms with Crippen molar-refractivity contribution in [1.82, 2.24) is 10.2 Å². The molecule has 2 saturated heterocycles. The highest BCUT2D eigenvalue weighted by Crippen LogP contribution is 2.42. The first-order valence-electron chi connectivity index (χ1n) is 8.04. The van der Waals surface area contributed by atoms with Crippen LogP contribution >= 0.6 is 0 Å². The lowest BCUT2D eigenvalue weighted by molar-refractivity contribution is 0.0912. The third-order valence-electron chi connectivity index (χ3n) is 5.43. The predicted molar refractivity (Wildman–Crippen MR) is 78.9 cm³/mol. The summed E-state index contributed by atoms with van der Waals surface area (Å²) < 4.78 is 0. The van der Waals surface area contributed by atoms with Gasteiger partial charge in [-0.15, -0.1) is 0 Å². The zero-order valence-electron chi connectivity index (χ0n) is 12.8. The Morgan fingerprint density at radius 2 is 2.00 bits per heavy atom. The maximum atomic E-state index is 3.57. The number of hydrogen-bond donors (Lipinski definition) is 1. The molecule has 0 spiro atoms. The molecule has 0 aromatic carbocycles. The molecule has 0 amide bonds. The Hall–Kier alpha value is -0.0800. The second-order valence-corrected chi connectivity index (χ2v) is 7.03. The summed E-state index contributed by atoms with van der Waals surface area (Å²) in [5, 5.41) is 3.57. The van der Waals surface area contributed by atoms with Gasteiger partial charge in [0.2, 0.25) is 0 Å². The van der Waals surface area contributed by atoms with Crippen LogP contribution in [0.5, 0.6) is 0 Å². The minimum atomic E-state index is 0.401. The van der Waals surface area contributed by atoms with Gasteiger partial charge in [0.25, 0.3) is 0 Å². The molecule has 0 bridgehead atoms. The molecule has 0 aliphatic carbocycles. The van der Waals surface area contributed by atoms with E-state index in [0.717, 1.165) is 17.9 Å². The maximum absolute atomic E-state index is 3.57. The van der Waals surface area contributed by atoms with Crippen molar-refractivity contribution in [3.63, 3.8) is 0 Å². The Bertz CT molecular complexity index is 262. The monoisotopic (exact) mass is 252 g/mol. The topological polar surface area (TPSA) is 15.3 Å². The van der Waals surface area contributed by atoms with Crippen molar-refractivity contribution in [3.05, 3.63) is 0 Å². The molecule has 2 rings (SSSR count). The number of hydrogen-bond acceptors (Lipinski definition) is 2. The molecule has 2 nitrogen and oxygen atoms in total. The fraction of sp³-hybridized carbons (Fsp3) is 1.00. The van der Waals surface area contributed by atoms with Gasteiger partial charge >= 0.3 is 0 Å². The van der Waals surface area contributed by atoms with Gasteiger partial charge < -0.3 is 5.32 Å². The normalized spacial score (nSPS) is 32.7. The zero-order chi connectivity index (χ0) is 13.2. The first-order valence-corrected chi connectivity index (χ1v) is 8.04. The van der Waals surface area contributed by atoms with E-state index in [1.807, 2.05) is 0 Å². The van der Waals surface area contributed by atoms with Crippen LogP contribution in [0.25, 0.3) is 0 Å². The van der Waals surface area contributed by atoms with Crippen LogP contribution in [0.1, 0.15) is 59.8 Å². The molecule has 18 heavy (non-hydrogen) atoms. The summed E-state index contributed by atoms with van der Waals surface area (Å²) in [5.74, 6) is 1.77. The lowest BCUT2D eigenvalue weighted by Gasteiger charge is -2.40. The van der Waals surface area contributed by atoms with Crippen LogP contribution in [0.15, 0.2) is 0 Å². The highest BCUT2D eigenvalue weighted by atomic mass is 15.3. The average Bonchev–Trinajstić information content (AvgIpc) is 2.87. The summed E-state index contributed by atoms with van der Waals surface area (Å²) in [6, 6.07) is 0.766. The summed E-state index contributed by atoms with van der Waals surface area (Å²) in [4.78, 5) is 2.80. The third-order valence-corrected chi connectivity index (χ3v) is 5.43. The lowest BCUT2D eigenvalue weighted by Crippen LogP contribution is -2.48. The van der Waals surface area contributed by atoms with Gasteiger partial charge in [-0.05, 0) is 45.6 Å². The number of fused-ring (bicyclic) bond motifs is 1. The summed E-state index contributed by atoms with van der Waals surface area (Å²) >= 11 is 0. The van der Waals surface area contributed by atoms with Crippen LogP contribution in [0.4, 0.5) is 0 Å². The second kappa shape index (κ2) is 5.92. The molecule has 0 aromatic rings. The van der Waals surface area contributed by atoms with Gasteiger partial charge in [-0.1, -0.05) is 32.6 Å². The van der Waals surface area contributed by atoms with E-state index in [0.29, 0.717) is 5.54 Å². The van der Waals surface area contributed by atoms with E-state index in [-0.39, 0.29) is 0 Å². The Morgan fingerprint density at radius 3 is 2.67 bits per heavy atom. The second-order valence-electron chi connectivity index (χ2n) is 7.03. The minimum Gasteiger partial charge on any atom is -0.316 e. The molecule has 1 N–H and O–H groups in total. The lowest BCUT2D eigenvalue weighted by atomic mass is 9.84. The molecule has 0 aromatic heterocycles. The first-order chi connectivity index (χ1) is 8.57. The Labute approximate surface area is 114 Å². The fourth-order valence-electron chi connectivity index (χ4n) is 4.22. The van der Waals surface area contributed by atoms with Crippen molar-refractivity contribution in [2.45, 2.75) is 71.4 Å². The molecule has 3 atom stereocenters. The molecule has 106 valence electrons. The summed E-state index contributed by atoms with van der Waals surface area (Å²) in [7, 11) is 0. The molecule has 2 aliphatic heterocycles. The molecule has 0 radical (unpaired) electrons. The average molecular weight is 252 g/mol. The van der Waals surface area contributed by atoms with E-state index >= 15 is 0 Å². The molecule has 3 unspecified atom stereocenters. The number of rotatable bonds is 6. The van der Waals surface area contributed by atoms with E-state index in [2.05, 4.69) is 37.9 Å². The van der Waals surface area contributed by atoms with Gasteiger partial charge in [0.1, 0.15) is 0 Å². The Balaban J connectivity index is 1.85. The van der Waals surface area contributed by atoms with E-state index in [1.165, 1.54) is 51.7 Å². The van der Waals surface area contributed by atoms with Crippen molar-refractivity contribution in [3.8, 4) is 0 Å². The van der Waals surface area contributed by atoms with E-state index in [9.17, 15) is 0 Å². The third kappa shape index (κ3) is 2.75. The Kier molecular flexibility index (Phi) is 4.71. The number of nitrogens with zero attached hydrogens (tertiary/aromatic N) is 1. The van der Waals surface area contributed by atoms with Crippen molar-refractivity contribution >= 4 is 0 Å². The summed E-state index contributed by atoms with van der Waals surface area (Å²) in [6.45, 7) is 13.5.